The predicted molar refractivity (Wildman–Crippen MR) is 72.1 cm³/mol. The molecule has 0 aromatic heterocycles. The Kier molecular flexibility index (Phi) is 3.81. The first-order chi connectivity index (χ1) is 8.61. The van der Waals surface area contributed by atoms with Crippen molar-refractivity contribution < 1.29 is 4.92 Å². The minimum atomic E-state index is -0.306. The number of hydrogen-bond acceptors (Lipinski definition) is 4. The van der Waals surface area contributed by atoms with Crippen molar-refractivity contribution in [3.05, 3.63) is 33.9 Å². The average molecular weight is 249 g/mol. The molecule has 1 heterocycles. The topological polar surface area (TPSA) is 58.4 Å². The van der Waals surface area contributed by atoms with Crippen LogP contribution in [0.5, 0.6) is 0 Å². The third kappa shape index (κ3) is 2.61. The lowest BCUT2D eigenvalue weighted by atomic mass is 10.1. The Labute approximate surface area is 107 Å². The van der Waals surface area contributed by atoms with Crippen LogP contribution in [0.4, 0.5) is 11.4 Å². The zero-order chi connectivity index (χ0) is 13.1. The standard InChI is InChI=1S/C13H19N3O2/c1-10-3-4-12(7-13(10)16(17)18)15-6-5-11(9-15)8-14-2/h3-4,7,11,14H,5-6,8-9H2,1-2H3. The zero-order valence-electron chi connectivity index (χ0n) is 10.8. The summed E-state index contributed by atoms with van der Waals surface area (Å²) in [6.45, 7) is 4.73. The Balaban J connectivity index is 2.15. The highest BCUT2D eigenvalue weighted by Gasteiger charge is 2.23. The van der Waals surface area contributed by atoms with Gasteiger partial charge in [-0.05, 0) is 38.9 Å². The van der Waals surface area contributed by atoms with Gasteiger partial charge in [0.1, 0.15) is 0 Å². The van der Waals surface area contributed by atoms with Crippen molar-refractivity contribution >= 4 is 11.4 Å². The van der Waals surface area contributed by atoms with E-state index in [1.807, 2.05) is 19.2 Å². The molecule has 1 aliphatic heterocycles. The van der Waals surface area contributed by atoms with E-state index in [0.717, 1.165) is 37.3 Å². The largest absolute Gasteiger partial charge is 0.371 e. The third-order valence-corrected chi connectivity index (χ3v) is 3.53. The first-order valence-electron chi connectivity index (χ1n) is 6.26. The van der Waals surface area contributed by atoms with Gasteiger partial charge in [0, 0.05) is 30.4 Å². The van der Waals surface area contributed by atoms with Gasteiger partial charge in [0.15, 0.2) is 0 Å². The summed E-state index contributed by atoms with van der Waals surface area (Å²) >= 11 is 0. The fourth-order valence-electron chi connectivity index (χ4n) is 2.51. The van der Waals surface area contributed by atoms with Crippen molar-refractivity contribution in [1.82, 2.24) is 5.32 Å². The van der Waals surface area contributed by atoms with E-state index in [-0.39, 0.29) is 10.6 Å². The van der Waals surface area contributed by atoms with Gasteiger partial charge in [0.2, 0.25) is 0 Å². The molecule has 1 aromatic carbocycles. The SMILES string of the molecule is CNCC1CCN(c2ccc(C)c([N+](=O)[O-])c2)C1. The minimum absolute atomic E-state index is 0.213. The van der Waals surface area contributed by atoms with E-state index in [1.54, 1.807) is 13.0 Å². The summed E-state index contributed by atoms with van der Waals surface area (Å²) in [4.78, 5) is 12.9. The number of rotatable bonds is 4. The van der Waals surface area contributed by atoms with Gasteiger partial charge in [0.05, 0.1) is 4.92 Å². The third-order valence-electron chi connectivity index (χ3n) is 3.53. The van der Waals surface area contributed by atoms with Gasteiger partial charge in [0.25, 0.3) is 5.69 Å². The smallest absolute Gasteiger partial charge is 0.274 e. The molecule has 5 heteroatoms. The molecule has 0 bridgehead atoms. The van der Waals surface area contributed by atoms with E-state index < -0.39 is 0 Å². The van der Waals surface area contributed by atoms with Gasteiger partial charge < -0.3 is 10.2 Å². The van der Waals surface area contributed by atoms with Gasteiger partial charge in [-0.2, -0.15) is 0 Å². The molecule has 98 valence electrons. The van der Waals surface area contributed by atoms with Crippen LogP contribution in [0.15, 0.2) is 18.2 Å². The average Bonchev–Trinajstić information content (AvgIpc) is 2.78. The molecule has 18 heavy (non-hydrogen) atoms. The summed E-state index contributed by atoms with van der Waals surface area (Å²) in [6, 6.07) is 5.50. The number of nitrogens with zero attached hydrogens (tertiary/aromatic N) is 2. The monoisotopic (exact) mass is 249 g/mol. The van der Waals surface area contributed by atoms with Crippen molar-refractivity contribution in [2.24, 2.45) is 5.92 Å². The van der Waals surface area contributed by atoms with Crippen LogP contribution in [-0.4, -0.2) is 31.6 Å². The van der Waals surface area contributed by atoms with Crippen LogP contribution in [0, 0.1) is 23.0 Å². The summed E-state index contributed by atoms with van der Waals surface area (Å²) in [6.07, 6.45) is 1.14. The summed E-state index contributed by atoms with van der Waals surface area (Å²) in [5.74, 6) is 0.635. The van der Waals surface area contributed by atoms with Crippen LogP contribution in [0.1, 0.15) is 12.0 Å². The number of nitro groups is 1. The fourth-order valence-corrected chi connectivity index (χ4v) is 2.51. The summed E-state index contributed by atoms with van der Waals surface area (Å²) in [5, 5.41) is 14.1. The number of benzene rings is 1. The Hall–Kier alpha value is -1.62. The number of nitrogens with one attached hydrogen (secondary N) is 1. The lowest BCUT2D eigenvalue weighted by Crippen LogP contribution is -2.24. The number of aryl methyl sites for hydroxylation is 1. The first kappa shape index (κ1) is 12.8. The van der Waals surface area contributed by atoms with Crippen LogP contribution in [0.2, 0.25) is 0 Å². The molecule has 1 N–H and O–H groups in total. The molecule has 0 spiro atoms. The maximum absolute atomic E-state index is 10.9. The highest BCUT2D eigenvalue weighted by molar-refractivity contribution is 5.57. The van der Waals surface area contributed by atoms with Gasteiger partial charge in [-0.15, -0.1) is 0 Å². The molecule has 1 aliphatic rings. The van der Waals surface area contributed by atoms with Gasteiger partial charge in [-0.25, -0.2) is 0 Å². The molecule has 0 amide bonds. The Bertz CT molecular complexity index is 448. The van der Waals surface area contributed by atoms with Crippen molar-refractivity contribution in [2.75, 3.05) is 31.6 Å². The predicted octanol–water partition coefficient (Wildman–Crippen LogP) is 1.95. The molecule has 0 radical (unpaired) electrons. The van der Waals surface area contributed by atoms with Crippen molar-refractivity contribution in [3.63, 3.8) is 0 Å². The number of anilines is 1. The molecule has 1 atom stereocenters. The summed E-state index contributed by atoms with van der Waals surface area (Å²) in [7, 11) is 1.96. The van der Waals surface area contributed by atoms with E-state index in [4.69, 9.17) is 0 Å². The minimum Gasteiger partial charge on any atom is -0.371 e. The molecule has 1 aromatic rings. The Morgan fingerprint density at radius 1 is 1.56 bits per heavy atom. The van der Waals surface area contributed by atoms with Crippen LogP contribution in [-0.2, 0) is 0 Å². The normalized spacial score (nSPS) is 19.2. The lowest BCUT2D eigenvalue weighted by molar-refractivity contribution is -0.385. The second-order valence-electron chi connectivity index (χ2n) is 4.89. The van der Waals surface area contributed by atoms with E-state index in [2.05, 4.69) is 10.2 Å². The van der Waals surface area contributed by atoms with Crippen molar-refractivity contribution in [3.8, 4) is 0 Å². The Morgan fingerprint density at radius 3 is 3.00 bits per heavy atom. The molecule has 1 unspecified atom stereocenters. The summed E-state index contributed by atoms with van der Waals surface area (Å²) < 4.78 is 0. The van der Waals surface area contributed by atoms with Crippen LogP contribution in [0.3, 0.4) is 0 Å². The van der Waals surface area contributed by atoms with E-state index in [1.165, 1.54) is 0 Å². The van der Waals surface area contributed by atoms with Crippen LogP contribution in [0.25, 0.3) is 0 Å². The zero-order valence-corrected chi connectivity index (χ0v) is 10.8. The molecular formula is C13H19N3O2. The first-order valence-corrected chi connectivity index (χ1v) is 6.26. The second-order valence-corrected chi connectivity index (χ2v) is 4.89. The van der Waals surface area contributed by atoms with E-state index in [0.29, 0.717) is 5.92 Å². The van der Waals surface area contributed by atoms with Crippen molar-refractivity contribution in [2.45, 2.75) is 13.3 Å². The second kappa shape index (κ2) is 5.35. The van der Waals surface area contributed by atoms with E-state index >= 15 is 0 Å². The maximum atomic E-state index is 10.9. The molecule has 1 saturated heterocycles. The highest BCUT2D eigenvalue weighted by atomic mass is 16.6. The molecule has 0 saturated carbocycles. The molecule has 1 fully saturated rings. The van der Waals surface area contributed by atoms with Gasteiger partial charge in [-0.1, -0.05) is 6.07 Å². The molecule has 0 aliphatic carbocycles. The van der Waals surface area contributed by atoms with Crippen LogP contribution < -0.4 is 10.2 Å². The quantitative estimate of drug-likeness (QED) is 0.654. The fraction of sp³-hybridized carbons (Fsp3) is 0.538. The Morgan fingerprint density at radius 2 is 2.33 bits per heavy atom. The van der Waals surface area contributed by atoms with E-state index in [9.17, 15) is 10.1 Å². The molecular weight excluding hydrogens is 230 g/mol. The maximum Gasteiger partial charge on any atom is 0.274 e. The number of hydrogen-bond donors (Lipinski definition) is 1. The highest BCUT2D eigenvalue weighted by Crippen LogP contribution is 2.28. The van der Waals surface area contributed by atoms with Gasteiger partial charge >= 0.3 is 0 Å². The lowest BCUT2D eigenvalue weighted by Gasteiger charge is -2.18. The van der Waals surface area contributed by atoms with Crippen molar-refractivity contribution in [1.29, 1.82) is 0 Å². The number of nitro benzene ring substituents is 1. The van der Waals surface area contributed by atoms with Crippen LogP contribution >= 0.6 is 0 Å². The summed E-state index contributed by atoms with van der Waals surface area (Å²) in [5.41, 5.74) is 1.89. The molecule has 5 nitrogen and oxygen atoms in total. The molecule has 2 rings (SSSR count). The van der Waals surface area contributed by atoms with Gasteiger partial charge in [-0.3, -0.25) is 10.1 Å².